The number of fused-ring (bicyclic) bond motifs is 1. The summed E-state index contributed by atoms with van der Waals surface area (Å²) < 4.78 is 1.60. The Morgan fingerprint density at radius 3 is 2.92 bits per heavy atom. The van der Waals surface area contributed by atoms with Gasteiger partial charge in [0, 0.05) is 10.9 Å². The van der Waals surface area contributed by atoms with E-state index in [0.29, 0.717) is 0 Å². The van der Waals surface area contributed by atoms with Crippen LogP contribution in [-0.2, 0) is 19.3 Å². The first-order chi connectivity index (χ1) is 12.7. The van der Waals surface area contributed by atoms with Crippen molar-refractivity contribution in [3.05, 3.63) is 58.2 Å². The van der Waals surface area contributed by atoms with Crippen LogP contribution in [0.4, 0.5) is 0 Å². The van der Waals surface area contributed by atoms with Crippen molar-refractivity contribution < 1.29 is 4.79 Å². The van der Waals surface area contributed by atoms with Gasteiger partial charge in [-0.25, -0.2) is 0 Å². The monoisotopic (exact) mass is 367 g/mol. The molecule has 0 aliphatic heterocycles. The minimum absolute atomic E-state index is 0.0181. The number of rotatable bonds is 6. The fraction of sp³-hybridized carbons (Fsp3) is 0.368. The molecule has 2 heterocycles. The molecule has 1 aliphatic rings. The molecule has 4 rings (SSSR count). The summed E-state index contributed by atoms with van der Waals surface area (Å²) in [6.07, 6.45) is 6.50. The third kappa shape index (κ3) is 3.39. The van der Waals surface area contributed by atoms with Crippen molar-refractivity contribution in [2.24, 2.45) is 0 Å². The number of amides is 1. The van der Waals surface area contributed by atoms with E-state index in [-0.39, 0.29) is 11.9 Å². The first-order valence-electron chi connectivity index (χ1n) is 8.95. The Morgan fingerprint density at radius 1 is 1.31 bits per heavy atom. The molecule has 1 amide bonds. The van der Waals surface area contributed by atoms with Crippen molar-refractivity contribution in [3.63, 3.8) is 0 Å². The Kier molecular flexibility index (Phi) is 4.79. The van der Waals surface area contributed by atoms with Crippen molar-refractivity contribution in [3.8, 4) is 5.00 Å². The van der Waals surface area contributed by atoms with Gasteiger partial charge in [0.25, 0.3) is 5.91 Å². The van der Waals surface area contributed by atoms with E-state index < -0.39 is 0 Å². The predicted octanol–water partition coefficient (Wildman–Crippen LogP) is 2.96. The summed E-state index contributed by atoms with van der Waals surface area (Å²) in [6.45, 7) is 2.06. The standard InChI is InChI=1S/C19H21N5OS/c1-13(10-11-14-6-3-2-4-7-14)21-18(25)17-15-8-5-9-16(15)26-19(17)24-12-20-22-23-24/h2-4,6-7,12-13H,5,8-11H2,1H3,(H,21,25)/t13-/m0/s1. The Morgan fingerprint density at radius 2 is 2.15 bits per heavy atom. The van der Waals surface area contributed by atoms with Crippen molar-refractivity contribution in [2.45, 2.75) is 45.1 Å². The lowest BCUT2D eigenvalue weighted by Crippen LogP contribution is -2.33. The van der Waals surface area contributed by atoms with Crippen LogP contribution < -0.4 is 5.32 Å². The molecule has 2 aromatic heterocycles. The number of nitrogens with zero attached hydrogens (tertiary/aromatic N) is 4. The molecule has 0 saturated carbocycles. The van der Waals surface area contributed by atoms with Gasteiger partial charge in [0.05, 0.1) is 5.56 Å². The fourth-order valence-corrected chi connectivity index (χ4v) is 4.74. The van der Waals surface area contributed by atoms with E-state index in [0.717, 1.165) is 42.7 Å². The lowest BCUT2D eigenvalue weighted by molar-refractivity contribution is 0.0938. The van der Waals surface area contributed by atoms with Crippen LogP contribution in [0.25, 0.3) is 5.00 Å². The second kappa shape index (κ2) is 7.37. The lowest BCUT2D eigenvalue weighted by Gasteiger charge is -2.15. The van der Waals surface area contributed by atoms with Gasteiger partial charge in [-0.05, 0) is 60.6 Å². The number of nitrogens with one attached hydrogen (secondary N) is 1. The first-order valence-corrected chi connectivity index (χ1v) is 9.76. The highest BCUT2D eigenvalue weighted by Crippen LogP contribution is 2.37. The zero-order chi connectivity index (χ0) is 17.9. The van der Waals surface area contributed by atoms with Crippen LogP contribution >= 0.6 is 11.3 Å². The number of aryl methyl sites for hydroxylation is 2. The highest BCUT2D eigenvalue weighted by atomic mass is 32.1. The molecule has 0 saturated heterocycles. The Bertz CT molecular complexity index is 888. The first kappa shape index (κ1) is 16.9. The predicted molar refractivity (Wildman–Crippen MR) is 101 cm³/mol. The Balaban J connectivity index is 1.49. The van der Waals surface area contributed by atoms with Crippen LogP contribution in [0.5, 0.6) is 0 Å². The van der Waals surface area contributed by atoms with Gasteiger partial charge in [0.2, 0.25) is 0 Å². The molecule has 1 aromatic carbocycles. The maximum absolute atomic E-state index is 13.0. The smallest absolute Gasteiger partial charge is 0.254 e. The molecular formula is C19H21N5OS. The van der Waals surface area contributed by atoms with Crippen molar-refractivity contribution >= 4 is 17.2 Å². The van der Waals surface area contributed by atoms with E-state index in [4.69, 9.17) is 0 Å². The third-order valence-electron chi connectivity index (χ3n) is 4.77. The normalized spacial score (nSPS) is 14.2. The number of carbonyl (C=O) groups is 1. The number of tetrazole rings is 1. The average Bonchev–Trinajstić information content (AvgIpc) is 3.36. The number of hydrogen-bond acceptors (Lipinski definition) is 5. The molecule has 7 heteroatoms. The van der Waals surface area contributed by atoms with Gasteiger partial charge in [-0.3, -0.25) is 4.79 Å². The van der Waals surface area contributed by atoms with Gasteiger partial charge in [0.15, 0.2) is 0 Å². The van der Waals surface area contributed by atoms with Crippen LogP contribution in [0.1, 0.15) is 46.1 Å². The van der Waals surface area contributed by atoms with E-state index in [1.165, 1.54) is 16.0 Å². The minimum Gasteiger partial charge on any atom is -0.349 e. The van der Waals surface area contributed by atoms with Crippen LogP contribution in [0.15, 0.2) is 36.7 Å². The summed E-state index contributed by atoms with van der Waals surface area (Å²) in [5.74, 6) is -0.0181. The molecule has 0 spiro atoms. The summed E-state index contributed by atoms with van der Waals surface area (Å²) >= 11 is 1.63. The summed E-state index contributed by atoms with van der Waals surface area (Å²) in [5.41, 5.74) is 3.22. The highest BCUT2D eigenvalue weighted by molar-refractivity contribution is 7.15. The molecule has 0 fully saturated rings. The number of benzene rings is 1. The Labute approximate surface area is 156 Å². The van der Waals surface area contributed by atoms with Gasteiger partial charge >= 0.3 is 0 Å². The highest BCUT2D eigenvalue weighted by Gasteiger charge is 2.28. The molecule has 1 atom stereocenters. The number of aromatic nitrogens is 4. The van der Waals surface area contributed by atoms with Gasteiger partial charge in [-0.1, -0.05) is 30.3 Å². The molecule has 6 nitrogen and oxygen atoms in total. The van der Waals surface area contributed by atoms with E-state index in [1.807, 2.05) is 18.2 Å². The molecule has 0 radical (unpaired) electrons. The van der Waals surface area contributed by atoms with Gasteiger partial charge in [-0.2, -0.15) is 4.68 Å². The van der Waals surface area contributed by atoms with E-state index in [2.05, 4.69) is 39.9 Å². The number of thiophene rings is 1. The summed E-state index contributed by atoms with van der Waals surface area (Å²) in [7, 11) is 0. The van der Waals surface area contributed by atoms with E-state index in [9.17, 15) is 4.79 Å². The van der Waals surface area contributed by atoms with Gasteiger partial charge < -0.3 is 5.32 Å². The zero-order valence-electron chi connectivity index (χ0n) is 14.7. The second-order valence-corrected chi connectivity index (χ2v) is 7.77. The molecule has 0 unspecified atom stereocenters. The SMILES string of the molecule is C[C@@H](CCc1ccccc1)NC(=O)c1c(-n2cnnn2)sc2c1CCC2. The molecule has 1 N–H and O–H groups in total. The third-order valence-corrected chi connectivity index (χ3v) is 6.05. The second-order valence-electron chi connectivity index (χ2n) is 6.69. The van der Waals surface area contributed by atoms with Crippen LogP contribution in [0.3, 0.4) is 0 Å². The number of carbonyl (C=O) groups excluding carboxylic acids is 1. The molecule has 26 heavy (non-hydrogen) atoms. The van der Waals surface area contributed by atoms with Crippen LogP contribution in [-0.4, -0.2) is 32.2 Å². The maximum Gasteiger partial charge on any atom is 0.254 e. The molecule has 1 aliphatic carbocycles. The van der Waals surface area contributed by atoms with Crippen LogP contribution in [0.2, 0.25) is 0 Å². The van der Waals surface area contributed by atoms with Crippen molar-refractivity contribution in [2.75, 3.05) is 0 Å². The summed E-state index contributed by atoms with van der Waals surface area (Å²) in [4.78, 5) is 14.3. The molecule has 0 bridgehead atoms. The lowest BCUT2D eigenvalue weighted by atomic mass is 10.1. The van der Waals surface area contributed by atoms with Gasteiger partial charge in [0.1, 0.15) is 11.3 Å². The minimum atomic E-state index is -0.0181. The summed E-state index contributed by atoms with van der Waals surface area (Å²) in [5, 5.41) is 15.4. The molecular weight excluding hydrogens is 346 g/mol. The zero-order valence-corrected chi connectivity index (χ0v) is 15.5. The topological polar surface area (TPSA) is 72.7 Å². The largest absolute Gasteiger partial charge is 0.349 e. The average molecular weight is 367 g/mol. The van der Waals surface area contributed by atoms with Crippen molar-refractivity contribution in [1.29, 1.82) is 0 Å². The molecule has 134 valence electrons. The van der Waals surface area contributed by atoms with Crippen LogP contribution in [0, 0.1) is 0 Å². The fourth-order valence-electron chi connectivity index (χ4n) is 3.44. The van der Waals surface area contributed by atoms with Crippen molar-refractivity contribution in [1.82, 2.24) is 25.5 Å². The maximum atomic E-state index is 13.0. The quantitative estimate of drug-likeness (QED) is 0.727. The molecule has 3 aromatic rings. The number of hydrogen-bond donors (Lipinski definition) is 1. The van der Waals surface area contributed by atoms with E-state index in [1.54, 1.807) is 22.3 Å². The van der Waals surface area contributed by atoms with Gasteiger partial charge in [-0.15, -0.1) is 16.4 Å². The van der Waals surface area contributed by atoms with E-state index >= 15 is 0 Å². The Hall–Kier alpha value is -2.54. The summed E-state index contributed by atoms with van der Waals surface area (Å²) in [6, 6.07) is 10.5.